The summed E-state index contributed by atoms with van der Waals surface area (Å²) in [5.41, 5.74) is 0.0489. The minimum absolute atomic E-state index is 0.0489. The summed E-state index contributed by atoms with van der Waals surface area (Å²) in [6.45, 7) is 3.13. The van der Waals surface area contributed by atoms with E-state index in [0.29, 0.717) is 28.4 Å². The fourth-order valence-corrected chi connectivity index (χ4v) is 4.00. The van der Waals surface area contributed by atoms with Gasteiger partial charge in [0.25, 0.3) is 11.6 Å². The van der Waals surface area contributed by atoms with Crippen LogP contribution in [0.2, 0.25) is 0 Å². The van der Waals surface area contributed by atoms with Crippen LogP contribution in [0.15, 0.2) is 6.07 Å². The Kier molecular flexibility index (Phi) is 3.47. The standard InChI is InChI=1S/C13H17N3O3S/c1-8-11(16(18)19)6-12(20-8)13(17)15-5-4-9-2-3-10(7-15)14-9/h6,9-10,14H,2-5,7H2,1H3. The number of nitro groups is 1. The molecule has 2 bridgehead atoms. The molecular weight excluding hydrogens is 278 g/mol. The van der Waals surface area contributed by atoms with Crippen LogP contribution in [0.4, 0.5) is 5.69 Å². The average Bonchev–Trinajstić information content (AvgIpc) is 2.92. The van der Waals surface area contributed by atoms with Crippen molar-refractivity contribution in [2.45, 2.75) is 38.3 Å². The monoisotopic (exact) mass is 295 g/mol. The van der Waals surface area contributed by atoms with Crippen LogP contribution in [0.5, 0.6) is 0 Å². The second-order valence-electron chi connectivity index (χ2n) is 5.49. The first-order valence-electron chi connectivity index (χ1n) is 6.84. The normalized spacial score (nSPS) is 25.6. The lowest BCUT2D eigenvalue weighted by Gasteiger charge is -2.23. The Morgan fingerprint density at radius 1 is 1.45 bits per heavy atom. The first kappa shape index (κ1) is 13.5. The number of aryl methyl sites for hydroxylation is 1. The highest BCUT2D eigenvalue weighted by Gasteiger charge is 2.32. The number of thiophene rings is 1. The Balaban J connectivity index is 1.78. The van der Waals surface area contributed by atoms with Gasteiger partial charge in [-0.3, -0.25) is 14.9 Å². The van der Waals surface area contributed by atoms with Gasteiger partial charge in [-0.05, 0) is 26.2 Å². The number of nitrogens with zero attached hydrogens (tertiary/aromatic N) is 2. The van der Waals surface area contributed by atoms with Crippen molar-refractivity contribution in [1.29, 1.82) is 0 Å². The number of amides is 1. The van der Waals surface area contributed by atoms with E-state index in [4.69, 9.17) is 0 Å². The van der Waals surface area contributed by atoms with Gasteiger partial charge in [0, 0.05) is 31.2 Å². The third-order valence-corrected chi connectivity index (χ3v) is 5.14. The number of fused-ring (bicyclic) bond motifs is 2. The molecule has 2 fully saturated rings. The highest BCUT2D eigenvalue weighted by molar-refractivity contribution is 7.14. The lowest BCUT2D eigenvalue weighted by Crippen LogP contribution is -2.38. The second-order valence-corrected chi connectivity index (χ2v) is 6.74. The molecule has 20 heavy (non-hydrogen) atoms. The zero-order chi connectivity index (χ0) is 14.3. The van der Waals surface area contributed by atoms with Gasteiger partial charge in [0.1, 0.15) is 0 Å². The molecule has 0 spiro atoms. The summed E-state index contributed by atoms with van der Waals surface area (Å²) in [6, 6.07) is 2.32. The first-order valence-corrected chi connectivity index (χ1v) is 7.66. The molecule has 6 nitrogen and oxygen atoms in total. The van der Waals surface area contributed by atoms with Gasteiger partial charge >= 0.3 is 0 Å². The molecule has 2 aliphatic heterocycles. The molecule has 3 rings (SSSR count). The highest BCUT2D eigenvalue weighted by atomic mass is 32.1. The van der Waals surface area contributed by atoms with Gasteiger partial charge in [-0.25, -0.2) is 0 Å². The van der Waals surface area contributed by atoms with Crippen LogP contribution in [0.25, 0.3) is 0 Å². The quantitative estimate of drug-likeness (QED) is 0.668. The summed E-state index contributed by atoms with van der Waals surface area (Å²) in [6.07, 6.45) is 3.27. The minimum atomic E-state index is -0.422. The maximum absolute atomic E-state index is 12.5. The van der Waals surface area contributed by atoms with Gasteiger partial charge in [0.2, 0.25) is 0 Å². The zero-order valence-corrected chi connectivity index (χ0v) is 12.1. The van der Waals surface area contributed by atoms with Crippen molar-refractivity contribution in [2.24, 2.45) is 0 Å². The van der Waals surface area contributed by atoms with E-state index in [1.165, 1.54) is 23.8 Å². The maximum Gasteiger partial charge on any atom is 0.283 e. The van der Waals surface area contributed by atoms with E-state index in [1.54, 1.807) is 6.92 Å². The summed E-state index contributed by atoms with van der Waals surface area (Å²) < 4.78 is 0. The lowest BCUT2D eigenvalue weighted by molar-refractivity contribution is -0.385. The Morgan fingerprint density at radius 3 is 2.90 bits per heavy atom. The third kappa shape index (κ3) is 2.43. The van der Waals surface area contributed by atoms with E-state index in [-0.39, 0.29) is 11.6 Å². The molecule has 7 heteroatoms. The van der Waals surface area contributed by atoms with E-state index in [0.717, 1.165) is 19.4 Å². The molecule has 0 aliphatic carbocycles. The van der Waals surface area contributed by atoms with E-state index in [2.05, 4.69) is 5.32 Å². The van der Waals surface area contributed by atoms with E-state index < -0.39 is 4.92 Å². The first-order chi connectivity index (χ1) is 9.54. The summed E-state index contributed by atoms with van der Waals surface area (Å²) in [5, 5.41) is 14.4. The lowest BCUT2D eigenvalue weighted by atomic mass is 10.1. The molecule has 0 aromatic carbocycles. The predicted octanol–water partition coefficient (Wildman–Crippen LogP) is 1.93. The van der Waals surface area contributed by atoms with Crippen molar-refractivity contribution in [3.63, 3.8) is 0 Å². The molecular formula is C13H17N3O3S. The van der Waals surface area contributed by atoms with Gasteiger partial charge in [-0.2, -0.15) is 0 Å². The van der Waals surface area contributed by atoms with Crippen LogP contribution >= 0.6 is 11.3 Å². The van der Waals surface area contributed by atoms with Crippen molar-refractivity contribution in [3.05, 3.63) is 25.9 Å². The van der Waals surface area contributed by atoms with Gasteiger partial charge < -0.3 is 10.2 Å². The number of likely N-dealkylation sites (tertiary alicyclic amines) is 1. The van der Waals surface area contributed by atoms with Gasteiger partial charge in [0.05, 0.1) is 14.7 Å². The van der Waals surface area contributed by atoms with E-state index >= 15 is 0 Å². The molecule has 2 atom stereocenters. The molecule has 1 aromatic heterocycles. The van der Waals surface area contributed by atoms with Crippen LogP contribution in [-0.2, 0) is 0 Å². The fourth-order valence-electron chi connectivity index (χ4n) is 3.04. The molecule has 1 N–H and O–H groups in total. The van der Waals surface area contributed by atoms with E-state index in [1.807, 2.05) is 4.90 Å². The van der Waals surface area contributed by atoms with Crippen molar-refractivity contribution in [1.82, 2.24) is 10.2 Å². The van der Waals surface area contributed by atoms with Crippen LogP contribution in [0, 0.1) is 17.0 Å². The van der Waals surface area contributed by atoms with Crippen molar-refractivity contribution in [3.8, 4) is 0 Å². The molecule has 2 unspecified atom stereocenters. The molecule has 1 aromatic rings. The number of nitrogens with one attached hydrogen (secondary N) is 1. The Labute approximate surface area is 120 Å². The van der Waals surface area contributed by atoms with Crippen LogP contribution in [-0.4, -0.2) is 40.9 Å². The van der Waals surface area contributed by atoms with Gasteiger partial charge in [0.15, 0.2) is 0 Å². The maximum atomic E-state index is 12.5. The number of hydrogen-bond donors (Lipinski definition) is 1. The van der Waals surface area contributed by atoms with Crippen LogP contribution < -0.4 is 5.32 Å². The summed E-state index contributed by atoms with van der Waals surface area (Å²) in [5.74, 6) is -0.0689. The third-order valence-electron chi connectivity index (χ3n) is 4.11. The largest absolute Gasteiger partial charge is 0.336 e. The molecule has 0 radical (unpaired) electrons. The van der Waals surface area contributed by atoms with Crippen LogP contribution in [0.1, 0.15) is 33.8 Å². The number of carbonyl (C=O) groups excluding carboxylic acids is 1. The molecule has 108 valence electrons. The predicted molar refractivity (Wildman–Crippen MR) is 76.2 cm³/mol. The zero-order valence-electron chi connectivity index (χ0n) is 11.3. The number of rotatable bonds is 2. The second kappa shape index (κ2) is 5.14. The minimum Gasteiger partial charge on any atom is -0.336 e. The Morgan fingerprint density at radius 2 is 2.20 bits per heavy atom. The summed E-state index contributed by atoms with van der Waals surface area (Å²) in [4.78, 5) is 25.9. The molecule has 3 heterocycles. The Hall–Kier alpha value is -1.47. The molecule has 2 aliphatic rings. The van der Waals surface area contributed by atoms with Gasteiger partial charge in [-0.1, -0.05) is 0 Å². The SMILES string of the molecule is Cc1sc(C(=O)N2CCC3CCC(C2)N3)cc1[N+](=O)[O-]. The summed E-state index contributed by atoms with van der Waals surface area (Å²) >= 11 is 1.22. The van der Waals surface area contributed by atoms with Crippen molar-refractivity contribution in [2.75, 3.05) is 13.1 Å². The van der Waals surface area contributed by atoms with Crippen molar-refractivity contribution < 1.29 is 9.72 Å². The van der Waals surface area contributed by atoms with Crippen molar-refractivity contribution >= 4 is 22.9 Å². The van der Waals surface area contributed by atoms with Gasteiger partial charge in [-0.15, -0.1) is 11.3 Å². The molecule has 1 amide bonds. The highest BCUT2D eigenvalue weighted by Crippen LogP contribution is 2.30. The molecule has 0 saturated carbocycles. The van der Waals surface area contributed by atoms with E-state index in [9.17, 15) is 14.9 Å². The topological polar surface area (TPSA) is 75.5 Å². The smallest absolute Gasteiger partial charge is 0.283 e. The molecule has 2 saturated heterocycles. The average molecular weight is 295 g/mol. The number of carbonyl (C=O) groups is 1. The number of hydrogen-bond acceptors (Lipinski definition) is 5. The fraction of sp³-hybridized carbons (Fsp3) is 0.615. The van der Waals surface area contributed by atoms with Crippen LogP contribution in [0.3, 0.4) is 0 Å². The summed E-state index contributed by atoms with van der Waals surface area (Å²) in [7, 11) is 0. The Bertz CT molecular complexity index is 557.